The molecular formula is C10H19NO2. The van der Waals surface area contributed by atoms with Crippen molar-refractivity contribution in [2.24, 2.45) is 11.7 Å². The minimum Gasteiger partial charge on any atom is -0.480 e. The Morgan fingerprint density at radius 3 is 2.46 bits per heavy atom. The van der Waals surface area contributed by atoms with Gasteiger partial charge in [-0.05, 0) is 25.2 Å². The first-order chi connectivity index (χ1) is 6.11. The molecule has 1 fully saturated rings. The molecule has 3 heteroatoms. The molecule has 0 saturated heterocycles. The van der Waals surface area contributed by atoms with Gasteiger partial charge in [0.05, 0.1) is 0 Å². The monoisotopic (exact) mass is 185 g/mol. The lowest BCUT2D eigenvalue weighted by Crippen LogP contribution is -2.53. The first-order valence-corrected chi connectivity index (χ1v) is 5.13. The highest BCUT2D eigenvalue weighted by molar-refractivity contribution is 5.79. The molecule has 3 N–H and O–H groups in total. The van der Waals surface area contributed by atoms with Crippen LogP contribution in [0.2, 0.25) is 0 Å². The summed E-state index contributed by atoms with van der Waals surface area (Å²) in [5.74, 6) is -0.619. The molecule has 0 amide bonds. The van der Waals surface area contributed by atoms with Crippen molar-refractivity contribution in [3.05, 3.63) is 0 Å². The van der Waals surface area contributed by atoms with Crippen LogP contribution in [0.3, 0.4) is 0 Å². The lowest BCUT2D eigenvalue weighted by Gasteiger charge is -2.30. The zero-order valence-electron chi connectivity index (χ0n) is 8.25. The highest BCUT2D eigenvalue weighted by atomic mass is 16.4. The molecule has 76 valence electrons. The van der Waals surface area contributed by atoms with Gasteiger partial charge in [-0.2, -0.15) is 0 Å². The Balaban J connectivity index is 2.69. The van der Waals surface area contributed by atoms with Gasteiger partial charge in [0.25, 0.3) is 0 Å². The Morgan fingerprint density at radius 1 is 1.54 bits per heavy atom. The molecule has 0 spiro atoms. The Morgan fingerprint density at radius 2 is 2.08 bits per heavy atom. The van der Waals surface area contributed by atoms with Crippen LogP contribution in [0.5, 0.6) is 0 Å². The number of rotatable bonds is 4. The minimum absolute atomic E-state index is 0.199. The Labute approximate surface area is 79.3 Å². The third kappa shape index (κ3) is 2.02. The van der Waals surface area contributed by atoms with Crippen LogP contribution in [0.15, 0.2) is 0 Å². The molecule has 1 aliphatic rings. The third-order valence-corrected chi connectivity index (χ3v) is 3.15. The number of carboxylic acid groups (broad SMARTS) is 1. The van der Waals surface area contributed by atoms with Gasteiger partial charge in [-0.15, -0.1) is 0 Å². The molecule has 1 aliphatic carbocycles. The van der Waals surface area contributed by atoms with Gasteiger partial charge in [-0.25, -0.2) is 0 Å². The lowest BCUT2D eigenvalue weighted by atomic mass is 9.80. The molecule has 1 saturated carbocycles. The summed E-state index contributed by atoms with van der Waals surface area (Å²) < 4.78 is 0. The summed E-state index contributed by atoms with van der Waals surface area (Å²) in [4.78, 5) is 11.1. The van der Waals surface area contributed by atoms with Crippen molar-refractivity contribution >= 4 is 5.97 Å². The number of aliphatic carboxylic acids is 1. The molecule has 1 rings (SSSR count). The molecule has 0 aromatic rings. The van der Waals surface area contributed by atoms with Crippen LogP contribution in [-0.4, -0.2) is 16.6 Å². The molecule has 0 radical (unpaired) electrons. The molecule has 0 aliphatic heterocycles. The molecule has 0 aromatic carbocycles. The first-order valence-electron chi connectivity index (χ1n) is 5.13. The van der Waals surface area contributed by atoms with E-state index in [1.807, 2.05) is 6.92 Å². The van der Waals surface area contributed by atoms with Crippen LogP contribution in [-0.2, 0) is 4.79 Å². The van der Waals surface area contributed by atoms with Crippen molar-refractivity contribution in [1.29, 1.82) is 0 Å². The molecule has 1 atom stereocenters. The van der Waals surface area contributed by atoms with Gasteiger partial charge in [-0.3, -0.25) is 4.79 Å². The van der Waals surface area contributed by atoms with Gasteiger partial charge in [0.1, 0.15) is 5.54 Å². The van der Waals surface area contributed by atoms with Crippen LogP contribution < -0.4 is 5.73 Å². The van der Waals surface area contributed by atoms with Gasteiger partial charge >= 0.3 is 5.97 Å². The predicted octanol–water partition coefficient (Wildman–Crippen LogP) is 1.76. The van der Waals surface area contributed by atoms with Crippen molar-refractivity contribution < 1.29 is 9.90 Å². The summed E-state index contributed by atoms with van der Waals surface area (Å²) in [5, 5.41) is 9.10. The highest BCUT2D eigenvalue weighted by Crippen LogP contribution is 2.35. The van der Waals surface area contributed by atoms with Crippen LogP contribution in [0, 0.1) is 5.92 Å². The maximum absolute atomic E-state index is 11.1. The SMILES string of the molecule is CCC[C@](N)(C(=O)O)C1CCCC1. The summed E-state index contributed by atoms with van der Waals surface area (Å²) in [5.41, 5.74) is 5.00. The number of carbonyl (C=O) groups is 1. The topological polar surface area (TPSA) is 63.3 Å². The van der Waals surface area contributed by atoms with E-state index in [0.29, 0.717) is 6.42 Å². The zero-order chi connectivity index (χ0) is 9.90. The van der Waals surface area contributed by atoms with E-state index in [2.05, 4.69) is 0 Å². The fourth-order valence-corrected chi connectivity index (χ4v) is 2.34. The Hall–Kier alpha value is -0.570. The van der Waals surface area contributed by atoms with Gasteiger partial charge in [0, 0.05) is 0 Å². The fraction of sp³-hybridized carbons (Fsp3) is 0.900. The first kappa shape index (κ1) is 10.5. The number of hydrogen-bond acceptors (Lipinski definition) is 2. The molecule has 0 bridgehead atoms. The molecule has 0 heterocycles. The van der Waals surface area contributed by atoms with E-state index in [-0.39, 0.29) is 5.92 Å². The normalized spacial score (nSPS) is 22.9. The smallest absolute Gasteiger partial charge is 0.323 e. The maximum Gasteiger partial charge on any atom is 0.323 e. The minimum atomic E-state index is -0.953. The molecule has 0 aromatic heterocycles. The van der Waals surface area contributed by atoms with Crippen LogP contribution in [0.1, 0.15) is 45.4 Å². The largest absolute Gasteiger partial charge is 0.480 e. The number of hydrogen-bond donors (Lipinski definition) is 2. The predicted molar refractivity (Wildman–Crippen MR) is 51.4 cm³/mol. The van der Waals surface area contributed by atoms with Crippen LogP contribution in [0.4, 0.5) is 0 Å². The standard InChI is InChI=1S/C10H19NO2/c1-2-7-10(11,9(12)13)8-5-3-4-6-8/h8H,2-7,11H2,1H3,(H,12,13)/t10-/m1/s1. The second-order valence-corrected chi connectivity index (χ2v) is 4.08. The van der Waals surface area contributed by atoms with E-state index in [1.165, 1.54) is 0 Å². The Bertz CT molecular complexity index is 187. The van der Waals surface area contributed by atoms with Crippen LogP contribution in [0.25, 0.3) is 0 Å². The van der Waals surface area contributed by atoms with Crippen molar-refractivity contribution in [1.82, 2.24) is 0 Å². The van der Waals surface area contributed by atoms with Gasteiger partial charge in [0.15, 0.2) is 0 Å². The third-order valence-electron chi connectivity index (χ3n) is 3.15. The molecule has 3 nitrogen and oxygen atoms in total. The lowest BCUT2D eigenvalue weighted by molar-refractivity contribution is -0.146. The average molecular weight is 185 g/mol. The van der Waals surface area contributed by atoms with Gasteiger partial charge in [0.2, 0.25) is 0 Å². The average Bonchev–Trinajstić information content (AvgIpc) is 2.56. The van der Waals surface area contributed by atoms with E-state index in [4.69, 9.17) is 10.8 Å². The van der Waals surface area contributed by atoms with E-state index in [1.54, 1.807) is 0 Å². The van der Waals surface area contributed by atoms with Crippen molar-refractivity contribution in [2.45, 2.75) is 51.0 Å². The zero-order valence-corrected chi connectivity index (χ0v) is 8.25. The summed E-state index contributed by atoms with van der Waals surface area (Å²) in [6.45, 7) is 1.99. The summed E-state index contributed by atoms with van der Waals surface area (Å²) in [6.07, 6.45) is 5.71. The van der Waals surface area contributed by atoms with Crippen LogP contribution >= 0.6 is 0 Å². The second kappa shape index (κ2) is 4.09. The highest BCUT2D eigenvalue weighted by Gasteiger charge is 2.42. The summed E-state index contributed by atoms with van der Waals surface area (Å²) in [6, 6.07) is 0. The molecule has 0 unspecified atom stereocenters. The van der Waals surface area contributed by atoms with Gasteiger partial charge < -0.3 is 10.8 Å². The van der Waals surface area contributed by atoms with Crippen molar-refractivity contribution in [3.63, 3.8) is 0 Å². The van der Waals surface area contributed by atoms with E-state index in [9.17, 15) is 4.79 Å². The van der Waals surface area contributed by atoms with E-state index >= 15 is 0 Å². The summed E-state index contributed by atoms with van der Waals surface area (Å²) >= 11 is 0. The number of carboxylic acids is 1. The van der Waals surface area contributed by atoms with E-state index < -0.39 is 11.5 Å². The second-order valence-electron chi connectivity index (χ2n) is 4.08. The quantitative estimate of drug-likeness (QED) is 0.701. The van der Waals surface area contributed by atoms with Crippen molar-refractivity contribution in [3.8, 4) is 0 Å². The molecular weight excluding hydrogens is 166 g/mol. The summed E-state index contributed by atoms with van der Waals surface area (Å²) in [7, 11) is 0. The van der Waals surface area contributed by atoms with E-state index in [0.717, 1.165) is 32.1 Å². The molecule has 13 heavy (non-hydrogen) atoms. The maximum atomic E-state index is 11.1. The fourth-order valence-electron chi connectivity index (χ4n) is 2.34. The van der Waals surface area contributed by atoms with Crippen molar-refractivity contribution in [2.75, 3.05) is 0 Å². The van der Waals surface area contributed by atoms with Gasteiger partial charge in [-0.1, -0.05) is 26.2 Å². The Kier molecular flexibility index (Phi) is 3.31. The number of nitrogens with two attached hydrogens (primary N) is 1.